The van der Waals surface area contributed by atoms with Gasteiger partial charge in [0.05, 0.1) is 21.6 Å². The molecule has 0 saturated carbocycles. The van der Waals surface area contributed by atoms with E-state index in [-0.39, 0.29) is 11.2 Å². The van der Waals surface area contributed by atoms with Gasteiger partial charge in [-0.15, -0.1) is 0 Å². The van der Waals surface area contributed by atoms with Crippen LogP contribution in [0.3, 0.4) is 0 Å². The van der Waals surface area contributed by atoms with Crippen LogP contribution >= 0.6 is 15.9 Å². The number of halogens is 1. The highest BCUT2D eigenvalue weighted by Gasteiger charge is 2.14. The second-order valence-electron chi connectivity index (χ2n) is 6.01. The number of nitro benzene ring substituents is 1. The van der Waals surface area contributed by atoms with Crippen LogP contribution in [0.25, 0.3) is 27.5 Å². The number of benzene rings is 2. The Morgan fingerprint density at radius 1 is 1.12 bits per heavy atom. The molecule has 0 aliphatic heterocycles. The molecule has 0 aliphatic carbocycles. The van der Waals surface area contributed by atoms with Crippen LogP contribution in [-0.4, -0.2) is 14.5 Å². The fraction of sp³-hybridized carbons (Fsp3) is 0.0526. The number of pyridine rings is 2. The van der Waals surface area contributed by atoms with Gasteiger partial charge in [-0.1, -0.05) is 15.9 Å². The first-order valence-electron chi connectivity index (χ1n) is 7.80. The van der Waals surface area contributed by atoms with Crippen molar-refractivity contribution in [3.05, 3.63) is 85.2 Å². The summed E-state index contributed by atoms with van der Waals surface area (Å²) >= 11 is 3.43. The average Bonchev–Trinajstić information content (AvgIpc) is 2.60. The average molecular weight is 410 g/mol. The Kier molecular flexibility index (Phi) is 3.81. The van der Waals surface area contributed by atoms with E-state index in [0.29, 0.717) is 16.8 Å². The van der Waals surface area contributed by atoms with E-state index < -0.39 is 4.92 Å². The molecule has 4 rings (SSSR count). The zero-order valence-electron chi connectivity index (χ0n) is 13.6. The van der Waals surface area contributed by atoms with E-state index in [0.717, 1.165) is 20.8 Å². The molecule has 0 saturated heterocycles. The number of hydrogen-bond donors (Lipinski definition) is 0. The summed E-state index contributed by atoms with van der Waals surface area (Å²) in [6.07, 6.45) is 1.70. The minimum absolute atomic E-state index is 0.0509. The number of nitrogens with zero attached hydrogens (tertiary/aromatic N) is 3. The molecule has 0 fully saturated rings. The van der Waals surface area contributed by atoms with E-state index in [2.05, 4.69) is 20.9 Å². The molecule has 128 valence electrons. The zero-order valence-corrected chi connectivity index (χ0v) is 15.2. The standard InChI is InChI=1S/C19H12BrN3O3/c1-11-6-14(9-15(7-11)23(25)26)22-18(24)5-2-12-10-21-17-8-13(20)3-4-16(17)19(12)22/h2-10H,1H3. The van der Waals surface area contributed by atoms with Gasteiger partial charge in [-0.3, -0.25) is 24.5 Å². The zero-order chi connectivity index (χ0) is 18.4. The van der Waals surface area contributed by atoms with Crippen molar-refractivity contribution in [1.82, 2.24) is 9.55 Å². The van der Waals surface area contributed by atoms with E-state index in [1.54, 1.807) is 25.3 Å². The first kappa shape index (κ1) is 16.4. The maximum absolute atomic E-state index is 12.7. The van der Waals surface area contributed by atoms with Gasteiger partial charge in [0.2, 0.25) is 0 Å². The van der Waals surface area contributed by atoms with E-state index >= 15 is 0 Å². The van der Waals surface area contributed by atoms with E-state index in [4.69, 9.17) is 0 Å². The van der Waals surface area contributed by atoms with Gasteiger partial charge in [-0.25, -0.2) is 0 Å². The highest BCUT2D eigenvalue weighted by atomic mass is 79.9. The molecule has 0 aliphatic rings. The van der Waals surface area contributed by atoms with Gasteiger partial charge in [0.25, 0.3) is 11.2 Å². The summed E-state index contributed by atoms with van der Waals surface area (Å²) in [5.74, 6) is 0. The van der Waals surface area contributed by atoms with Crippen LogP contribution in [-0.2, 0) is 0 Å². The number of aryl methyl sites for hydroxylation is 1. The molecule has 0 spiro atoms. The molecule has 0 N–H and O–H groups in total. The number of rotatable bonds is 2. The van der Waals surface area contributed by atoms with Crippen molar-refractivity contribution in [2.24, 2.45) is 0 Å². The normalized spacial score (nSPS) is 11.2. The molecular formula is C19H12BrN3O3. The minimum Gasteiger partial charge on any atom is -0.276 e. The molecule has 0 atom stereocenters. The molecular weight excluding hydrogens is 398 g/mol. The SMILES string of the molecule is Cc1cc(-n2c(=O)ccc3cnc4cc(Br)ccc4c32)cc([N+](=O)[O-])c1. The van der Waals surface area contributed by atoms with Crippen LogP contribution in [0.4, 0.5) is 5.69 Å². The number of aromatic nitrogens is 2. The lowest BCUT2D eigenvalue weighted by Crippen LogP contribution is -2.18. The van der Waals surface area contributed by atoms with Gasteiger partial charge in [0, 0.05) is 39.6 Å². The number of non-ortho nitro benzene ring substituents is 1. The lowest BCUT2D eigenvalue weighted by Gasteiger charge is -2.13. The third kappa shape index (κ3) is 2.66. The first-order chi connectivity index (χ1) is 12.4. The van der Waals surface area contributed by atoms with Gasteiger partial charge in [0.15, 0.2) is 0 Å². The lowest BCUT2D eigenvalue weighted by molar-refractivity contribution is -0.384. The Hall–Kier alpha value is -3.06. The van der Waals surface area contributed by atoms with Crippen LogP contribution in [0.1, 0.15) is 5.56 Å². The molecule has 6 nitrogen and oxygen atoms in total. The summed E-state index contributed by atoms with van der Waals surface area (Å²) in [5, 5.41) is 12.8. The van der Waals surface area contributed by atoms with Crippen LogP contribution in [0.15, 0.2) is 64.0 Å². The predicted molar refractivity (Wildman–Crippen MR) is 104 cm³/mol. The lowest BCUT2D eigenvalue weighted by atomic mass is 10.1. The predicted octanol–water partition coefficient (Wildman–Crippen LogP) is 4.52. The minimum atomic E-state index is -0.455. The number of nitro groups is 1. The molecule has 2 aromatic heterocycles. The fourth-order valence-electron chi connectivity index (χ4n) is 3.12. The molecule has 26 heavy (non-hydrogen) atoms. The molecule has 0 amide bonds. The second-order valence-corrected chi connectivity index (χ2v) is 6.93. The summed E-state index contributed by atoms with van der Waals surface area (Å²) in [7, 11) is 0. The van der Waals surface area contributed by atoms with Crippen LogP contribution in [0.2, 0.25) is 0 Å². The van der Waals surface area contributed by atoms with Crippen LogP contribution < -0.4 is 5.56 Å². The van der Waals surface area contributed by atoms with Crippen molar-refractivity contribution in [3.8, 4) is 5.69 Å². The van der Waals surface area contributed by atoms with E-state index in [1.807, 2.05) is 18.2 Å². The van der Waals surface area contributed by atoms with Crippen molar-refractivity contribution in [2.45, 2.75) is 6.92 Å². The van der Waals surface area contributed by atoms with Gasteiger partial charge in [0.1, 0.15) is 0 Å². The molecule has 2 aromatic carbocycles. The third-order valence-corrected chi connectivity index (χ3v) is 4.69. The number of fused-ring (bicyclic) bond motifs is 3. The first-order valence-corrected chi connectivity index (χ1v) is 8.60. The van der Waals surface area contributed by atoms with E-state index in [1.165, 1.54) is 22.8 Å². The quantitative estimate of drug-likeness (QED) is 0.277. The number of hydrogen-bond acceptors (Lipinski definition) is 4. The molecule has 2 heterocycles. The summed E-state index contributed by atoms with van der Waals surface area (Å²) in [6.45, 7) is 1.77. The van der Waals surface area contributed by atoms with Crippen molar-refractivity contribution in [3.63, 3.8) is 0 Å². The Balaban J connectivity index is 2.18. The maximum atomic E-state index is 12.7. The third-order valence-electron chi connectivity index (χ3n) is 4.20. The van der Waals surface area contributed by atoms with Crippen molar-refractivity contribution >= 4 is 43.4 Å². The second kappa shape index (κ2) is 6.03. The van der Waals surface area contributed by atoms with Gasteiger partial charge in [-0.2, -0.15) is 0 Å². The molecule has 4 aromatic rings. The van der Waals surface area contributed by atoms with Crippen molar-refractivity contribution in [2.75, 3.05) is 0 Å². The summed E-state index contributed by atoms with van der Waals surface area (Å²) in [4.78, 5) is 27.9. The maximum Gasteiger partial charge on any atom is 0.271 e. The fourth-order valence-corrected chi connectivity index (χ4v) is 3.47. The largest absolute Gasteiger partial charge is 0.276 e. The van der Waals surface area contributed by atoms with Crippen molar-refractivity contribution < 1.29 is 4.92 Å². The Labute approximate surface area is 156 Å². The highest BCUT2D eigenvalue weighted by Crippen LogP contribution is 2.28. The van der Waals surface area contributed by atoms with Gasteiger partial charge in [-0.05, 0) is 42.8 Å². The Bertz CT molecular complexity index is 1260. The van der Waals surface area contributed by atoms with Crippen LogP contribution in [0, 0.1) is 17.0 Å². The topological polar surface area (TPSA) is 78.0 Å². The summed E-state index contributed by atoms with van der Waals surface area (Å²) in [5.41, 5.74) is 2.27. The molecule has 0 unspecified atom stereocenters. The smallest absolute Gasteiger partial charge is 0.271 e. The van der Waals surface area contributed by atoms with Gasteiger partial charge >= 0.3 is 0 Å². The molecule has 0 radical (unpaired) electrons. The van der Waals surface area contributed by atoms with Crippen LogP contribution in [0.5, 0.6) is 0 Å². The monoisotopic (exact) mass is 409 g/mol. The van der Waals surface area contributed by atoms with Gasteiger partial charge < -0.3 is 0 Å². The molecule has 7 heteroatoms. The van der Waals surface area contributed by atoms with E-state index in [9.17, 15) is 14.9 Å². The Morgan fingerprint density at radius 2 is 1.92 bits per heavy atom. The van der Waals surface area contributed by atoms with Crippen molar-refractivity contribution in [1.29, 1.82) is 0 Å². The summed E-state index contributed by atoms with van der Waals surface area (Å²) < 4.78 is 2.39. The Morgan fingerprint density at radius 3 is 2.69 bits per heavy atom. The summed E-state index contributed by atoms with van der Waals surface area (Å²) in [6, 6.07) is 13.5. The molecule has 0 bridgehead atoms. The highest BCUT2D eigenvalue weighted by molar-refractivity contribution is 9.10.